The molecule has 7 nitrogen and oxygen atoms in total. The molecule has 0 aromatic heterocycles. The van der Waals surface area contributed by atoms with E-state index in [1.807, 2.05) is 85.0 Å². The molecule has 4 aliphatic heterocycles. The maximum Gasteiger partial charge on any atom is 0.247 e. The van der Waals surface area contributed by atoms with Gasteiger partial charge < -0.3 is 19.8 Å². The lowest BCUT2D eigenvalue weighted by atomic mass is 9.78. The summed E-state index contributed by atoms with van der Waals surface area (Å²) in [6.45, 7) is 1.07. The smallest absolute Gasteiger partial charge is 0.247 e. The van der Waals surface area contributed by atoms with Gasteiger partial charge in [-0.05, 0) is 17.5 Å². The maximum absolute atomic E-state index is 14.5. The van der Waals surface area contributed by atoms with E-state index in [-0.39, 0.29) is 29.6 Å². The Kier molecular flexibility index (Phi) is 6.85. The summed E-state index contributed by atoms with van der Waals surface area (Å²) < 4.78 is -0.892. The van der Waals surface area contributed by atoms with E-state index in [1.54, 1.807) is 33.5 Å². The van der Waals surface area contributed by atoms with Crippen LogP contribution >= 0.6 is 11.8 Å². The minimum atomic E-state index is -0.892. The molecular formula is C31H33N3O4S. The van der Waals surface area contributed by atoms with E-state index in [0.717, 1.165) is 11.1 Å². The lowest BCUT2D eigenvalue weighted by Crippen LogP contribution is -2.56. The van der Waals surface area contributed by atoms with Crippen molar-refractivity contribution in [1.82, 2.24) is 14.7 Å². The number of likely N-dealkylation sites (tertiary alicyclic amines) is 1. The third-order valence-electron chi connectivity index (χ3n) is 8.52. The van der Waals surface area contributed by atoms with Gasteiger partial charge in [-0.1, -0.05) is 85.0 Å². The van der Waals surface area contributed by atoms with E-state index in [2.05, 4.69) is 0 Å². The van der Waals surface area contributed by atoms with Gasteiger partial charge in [0, 0.05) is 31.9 Å². The molecule has 6 atom stereocenters. The summed E-state index contributed by atoms with van der Waals surface area (Å²) in [5.74, 6) is -1.67. The van der Waals surface area contributed by atoms with Crippen LogP contribution in [0.25, 0.3) is 0 Å². The minimum absolute atomic E-state index is 0.0665. The average molecular weight is 544 g/mol. The van der Waals surface area contributed by atoms with Gasteiger partial charge in [-0.2, -0.15) is 0 Å². The van der Waals surface area contributed by atoms with E-state index in [4.69, 9.17) is 0 Å². The van der Waals surface area contributed by atoms with Gasteiger partial charge in [-0.3, -0.25) is 14.4 Å². The fraction of sp³-hybridized carbons (Fsp3) is 0.387. The molecule has 2 fully saturated rings. The number of hydrogen-bond acceptors (Lipinski definition) is 5. The first-order valence-electron chi connectivity index (χ1n) is 13.5. The molecule has 1 N–H and O–H groups in total. The van der Waals surface area contributed by atoms with Crippen molar-refractivity contribution in [2.45, 2.75) is 35.0 Å². The first-order valence-corrected chi connectivity index (χ1v) is 14.4. The molecule has 0 radical (unpaired) electrons. The number of likely N-dealkylation sites (N-methyl/N-ethyl adjacent to an activating group) is 1. The molecule has 2 aromatic rings. The monoisotopic (exact) mass is 543 g/mol. The molecule has 1 unspecified atom stereocenters. The number of hydrogen-bond donors (Lipinski definition) is 1. The van der Waals surface area contributed by atoms with Crippen molar-refractivity contribution < 1.29 is 19.5 Å². The molecular weight excluding hydrogens is 510 g/mol. The largest absolute Gasteiger partial charge is 0.394 e. The van der Waals surface area contributed by atoms with E-state index >= 15 is 0 Å². The van der Waals surface area contributed by atoms with Crippen LogP contribution in [0.5, 0.6) is 0 Å². The standard InChI is InChI=1S/C31H33N3O4S/c1-32-16-8-14-24-25(28(32)36)26-29(37)34(23(20-35)18-21-10-4-2-5-11-21)27-30(38)33(17-9-15-31(26,27)39-24)19-22-12-6-3-7-13-22/h2-15,23-27,35H,16-20H2,1H3/t23-,24-,25+,26+,27?,31+/m1/s1. The Morgan fingerprint density at radius 1 is 0.923 bits per heavy atom. The first-order chi connectivity index (χ1) is 18.9. The van der Waals surface area contributed by atoms with Crippen LogP contribution in [0.2, 0.25) is 0 Å². The van der Waals surface area contributed by atoms with Crippen LogP contribution in [0.15, 0.2) is 85.0 Å². The number of carbonyl (C=O) groups excluding carboxylic acids is 3. The minimum Gasteiger partial charge on any atom is -0.394 e. The van der Waals surface area contributed by atoms with Crippen molar-refractivity contribution in [1.29, 1.82) is 0 Å². The maximum atomic E-state index is 14.5. The molecule has 6 rings (SSSR count). The van der Waals surface area contributed by atoms with E-state index in [9.17, 15) is 19.5 Å². The van der Waals surface area contributed by atoms with E-state index in [0.29, 0.717) is 26.1 Å². The fourth-order valence-corrected chi connectivity index (χ4v) is 8.72. The third kappa shape index (κ3) is 4.30. The van der Waals surface area contributed by atoms with Gasteiger partial charge in [0.05, 0.1) is 29.2 Å². The van der Waals surface area contributed by atoms with Crippen LogP contribution in [-0.4, -0.2) is 86.4 Å². The zero-order valence-electron chi connectivity index (χ0n) is 21.9. The second-order valence-electron chi connectivity index (χ2n) is 10.9. The van der Waals surface area contributed by atoms with Crippen LogP contribution < -0.4 is 0 Å². The highest BCUT2D eigenvalue weighted by atomic mass is 32.2. The number of aliphatic hydroxyl groups excluding tert-OH is 1. The highest BCUT2D eigenvalue weighted by Crippen LogP contribution is 2.61. The van der Waals surface area contributed by atoms with Gasteiger partial charge in [-0.15, -0.1) is 11.8 Å². The second kappa shape index (κ2) is 10.3. The Morgan fingerprint density at radius 3 is 2.31 bits per heavy atom. The number of nitrogens with zero attached hydrogens (tertiary/aromatic N) is 3. The summed E-state index contributed by atoms with van der Waals surface area (Å²) >= 11 is 1.57. The van der Waals surface area contributed by atoms with Crippen LogP contribution in [-0.2, 0) is 27.3 Å². The SMILES string of the molecule is CN1CC=C[C@H]2S[C@]34C=CCN(Cc5ccccc5)C(=O)C3N([C@@H](CO)Cc3ccccc3)C(=O)[C@@H]4[C@H]2C1=O. The molecule has 2 saturated heterocycles. The molecule has 1 spiro atoms. The van der Waals surface area contributed by atoms with Crippen molar-refractivity contribution in [3.05, 3.63) is 96.1 Å². The highest BCUT2D eigenvalue weighted by Gasteiger charge is 2.71. The second-order valence-corrected chi connectivity index (χ2v) is 12.4. The number of thioether (sulfide) groups is 1. The Morgan fingerprint density at radius 2 is 1.62 bits per heavy atom. The predicted octanol–water partition coefficient (Wildman–Crippen LogP) is 2.51. The van der Waals surface area contributed by atoms with Gasteiger partial charge in [0.25, 0.3) is 0 Å². The Labute approximate surface area is 233 Å². The molecule has 0 aliphatic carbocycles. The number of fused-ring (bicyclic) bond motifs is 2. The van der Waals surface area contributed by atoms with Crippen LogP contribution in [0.3, 0.4) is 0 Å². The molecule has 4 heterocycles. The Balaban J connectivity index is 1.44. The van der Waals surface area contributed by atoms with Crippen molar-refractivity contribution in [3.8, 4) is 0 Å². The Bertz CT molecular complexity index is 1320. The third-order valence-corrected chi connectivity index (χ3v) is 10.3. The van der Waals surface area contributed by atoms with Crippen molar-refractivity contribution in [2.75, 3.05) is 26.7 Å². The van der Waals surface area contributed by atoms with Crippen LogP contribution in [0.1, 0.15) is 11.1 Å². The molecule has 2 aromatic carbocycles. The molecule has 4 aliphatic rings. The van der Waals surface area contributed by atoms with Gasteiger partial charge >= 0.3 is 0 Å². The summed E-state index contributed by atoms with van der Waals surface area (Å²) in [6.07, 6.45) is 8.47. The summed E-state index contributed by atoms with van der Waals surface area (Å²) in [6, 6.07) is 18.1. The topological polar surface area (TPSA) is 81.2 Å². The lowest BCUT2D eigenvalue weighted by Gasteiger charge is -2.38. The summed E-state index contributed by atoms with van der Waals surface area (Å²) in [4.78, 5) is 47.7. The summed E-state index contributed by atoms with van der Waals surface area (Å²) in [5, 5.41) is 10.4. The molecule has 0 bridgehead atoms. The normalized spacial score (nSPS) is 30.6. The van der Waals surface area contributed by atoms with Gasteiger partial charge in [0.15, 0.2) is 0 Å². The van der Waals surface area contributed by atoms with Crippen molar-refractivity contribution >= 4 is 29.5 Å². The van der Waals surface area contributed by atoms with Gasteiger partial charge in [0.2, 0.25) is 17.7 Å². The molecule has 202 valence electrons. The van der Waals surface area contributed by atoms with E-state index < -0.39 is 28.7 Å². The Hall–Kier alpha value is -3.36. The fourth-order valence-electron chi connectivity index (χ4n) is 6.73. The highest BCUT2D eigenvalue weighted by molar-refractivity contribution is 8.02. The van der Waals surface area contributed by atoms with Crippen LogP contribution in [0.4, 0.5) is 0 Å². The quantitative estimate of drug-likeness (QED) is 0.567. The van der Waals surface area contributed by atoms with Gasteiger partial charge in [0.1, 0.15) is 6.04 Å². The van der Waals surface area contributed by atoms with Crippen molar-refractivity contribution in [3.63, 3.8) is 0 Å². The average Bonchev–Trinajstić information content (AvgIpc) is 3.29. The number of benzene rings is 2. The van der Waals surface area contributed by atoms with E-state index in [1.165, 1.54) is 0 Å². The summed E-state index contributed by atoms with van der Waals surface area (Å²) in [7, 11) is 1.76. The predicted molar refractivity (Wildman–Crippen MR) is 151 cm³/mol. The number of aliphatic hydroxyl groups is 1. The molecule has 3 amide bonds. The number of amides is 3. The zero-order chi connectivity index (χ0) is 27.1. The number of carbonyl (C=O) groups is 3. The lowest BCUT2D eigenvalue weighted by molar-refractivity contribution is -0.146. The van der Waals surface area contributed by atoms with Crippen LogP contribution in [0, 0.1) is 11.8 Å². The molecule has 0 saturated carbocycles. The van der Waals surface area contributed by atoms with Crippen molar-refractivity contribution in [2.24, 2.45) is 11.8 Å². The number of rotatable bonds is 6. The molecule has 39 heavy (non-hydrogen) atoms. The summed E-state index contributed by atoms with van der Waals surface area (Å²) in [5.41, 5.74) is 1.99. The zero-order valence-corrected chi connectivity index (χ0v) is 22.7. The van der Waals surface area contributed by atoms with Gasteiger partial charge in [-0.25, -0.2) is 0 Å². The molecule has 8 heteroatoms. The first kappa shape index (κ1) is 25.9.